The van der Waals surface area contributed by atoms with E-state index < -0.39 is 12.1 Å². The monoisotopic (exact) mass is 783 g/mol. The number of anilines is 3. The predicted molar refractivity (Wildman–Crippen MR) is 261 cm³/mol. The Balaban J connectivity index is 1.11. The van der Waals surface area contributed by atoms with Crippen molar-refractivity contribution in [3.05, 3.63) is 249 Å². The second-order valence-electron chi connectivity index (χ2n) is 15.1. The molecule has 11 aromatic carbocycles. The molecule has 0 unspecified atom stereocenters. The maximum atomic E-state index is 9.88. The van der Waals surface area contributed by atoms with Gasteiger partial charge in [-0.05, 0) is 130 Å². The SMILES string of the molecule is [2H]c1c([2H])c(-c2ccc3ccccc3c2)c([2H])c(N(c2ccc(-c3c(-c4ccccc4)ccc4ccccc34)cc2)c2c([2H])c([2H])c(-c3ccc(-c4cccc5ccccc45)cc3)c([2H])c2[2H])c1[2H]. The van der Waals surface area contributed by atoms with Gasteiger partial charge in [0.25, 0.3) is 0 Å². The van der Waals surface area contributed by atoms with Gasteiger partial charge in [-0.2, -0.15) is 0 Å². The van der Waals surface area contributed by atoms with Gasteiger partial charge in [-0.15, -0.1) is 0 Å². The number of hydrogen-bond acceptors (Lipinski definition) is 1. The molecule has 11 aromatic rings. The minimum Gasteiger partial charge on any atom is -0.310 e. The van der Waals surface area contributed by atoms with Crippen molar-refractivity contribution in [3.63, 3.8) is 0 Å². The molecule has 0 N–H and O–H groups in total. The van der Waals surface area contributed by atoms with E-state index in [1.165, 1.54) is 4.90 Å². The average molecular weight is 784 g/mol. The number of benzene rings is 11. The fourth-order valence-electron chi connectivity index (χ4n) is 8.38. The summed E-state index contributed by atoms with van der Waals surface area (Å²) >= 11 is 0. The van der Waals surface area contributed by atoms with Crippen molar-refractivity contribution in [1.29, 1.82) is 0 Å². The highest BCUT2D eigenvalue weighted by atomic mass is 15.1. The van der Waals surface area contributed by atoms with E-state index in [9.17, 15) is 9.60 Å². The standard InChI is InChI=1S/C60H41N/c1-2-13-46(14-3-1)59-39-34-47-16-7-9-22-58(47)60(59)49-32-37-54(38-33-49)61(55-20-10-19-51(41-55)52-29-26-42-12-4-5-17-50(42)40-52)53-35-30-44(31-36-53)43-24-27-48(28-25-43)57-23-11-18-45-15-6-8-21-56(45)57/h1-41H/i10D,19D,20D,30D,31D,35D,36D,41D. The van der Waals surface area contributed by atoms with E-state index in [0.717, 1.165) is 65.7 Å². The minimum atomic E-state index is -0.455. The van der Waals surface area contributed by atoms with Crippen LogP contribution in [0.15, 0.2) is 249 Å². The van der Waals surface area contributed by atoms with Crippen LogP contribution in [0.3, 0.4) is 0 Å². The van der Waals surface area contributed by atoms with Gasteiger partial charge in [-0.3, -0.25) is 0 Å². The van der Waals surface area contributed by atoms with Crippen molar-refractivity contribution in [2.75, 3.05) is 4.90 Å². The lowest BCUT2D eigenvalue weighted by atomic mass is 9.89. The summed E-state index contributed by atoms with van der Waals surface area (Å²) in [6, 6.07) is 62.2. The Morgan fingerprint density at radius 2 is 0.885 bits per heavy atom. The average Bonchev–Trinajstić information content (AvgIpc) is 3.39. The zero-order valence-corrected chi connectivity index (χ0v) is 33.0. The first-order valence-electron chi connectivity index (χ1n) is 24.3. The topological polar surface area (TPSA) is 3.24 Å². The summed E-state index contributed by atoms with van der Waals surface area (Å²) in [6.45, 7) is 0. The minimum absolute atomic E-state index is 0.106. The van der Waals surface area contributed by atoms with Crippen LogP contribution >= 0.6 is 0 Å². The van der Waals surface area contributed by atoms with E-state index in [-0.39, 0.29) is 58.8 Å². The van der Waals surface area contributed by atoms with Gasteiger partial charge in [-0.25, -0.2) is 0 Å². The zero-order chi connectivity index (χ0) is 47.5. The largest absolute Gasteiger partial charge is 0.310 e. The third kappa shape index (κ3) is 6.93. The smallest absolute Gasteiger partial charge is 0.0651 e. The molecule has 0 spiro atoms. The second-order valence-corrected chi connectivity index (χ2v) is 15.1. The van der Waals surface area contributed by atoms with E-state index in [2.05, 4.69) is 60.7 Å². The van der Waals surface area contributed by atoms with Crippen molar-refractivity contribution in [3.8, 4) is 55.6 Å². The molecule has 1 nitrogen and oxygen atoms in total. The van der Waals surface area contributed by atoms with Gasteiger partial charge in [0.2, 0.25) is 0 Å². The van der Waals surface area contributed by atoms with Crippen LogP contribution in [0.2, 0.25) is 0 Å². The Bertz CT molecular complexity index is 3780. The first-order chi connectivity index (χ1) is 33.6. The van der Waals surface area contributed by atoms with Crippen LogP contribution in [-0.2, 0) is 0 Å². The Morgan fingerprint density at radius 1 is 0.295 bits per heavy atom. The lowest BCUT2D eigenvalue weighted by Crippen LogP contribution is -2.10. The maximum absolute atomic E-state index is 9.88. The molecule has 0 atom stereocenters. The third-order valence-electron chi connectivity index (χ3n) is 11.4. The highest BCUT2D eigenvalue weighted by molar-refractivity contribution is 6.04. The molecule has 0 radical (unpaired) electrons. The molecule has 0 bridgehead atoms. The summed E-state index contributed by atoms with van der Waals surface area (Å²) in [5.74, 6) is 0. The fraction of sp³-hybridized carbons (Fsp3) is 0. The molecule has 0 aliphatic rings. The Kier molecular flexibility index (Phi) is 7.29. The molecule has 0 heterocycles. The quantitative estimate of drug-likeness (QED) is 0.148. The summed E-state index contributed by atoms with van der Waals surface area (Å²) < 4.78 is 76.2. The van der Waals surface area contributed by atoms with Crippen LogP contribution in [0.25, 0.3) is 88.0 Å². The van der Waals surface area contributed by atoms with Crippen LogP contribution in [0, 0.1) is 0 Å². The maximum Gasteiger partial charge on any atom is 0.0651 e. The molecule has 1 heteroatoms. The number of rotatable bonds is 8. The normalized spacial score (nSPS) is 13.1. The molecule has 0 aromatic heterocycles. The van der Waals surface area contributed by atoms with Gasteiger partial charge in [0.05, 0.1) is 11.0 Å². The van der Waals surface area contributed by atoms with Crippen molar-refractivity contribution < 1.29 is 11.0 Å². The highest BCUT2D eigenvalue weighted by Crippen LogP contribution is 2.42. The van der Waals surface area contributed by atoms with E-state index in [1.807, 2.05) is 121 Å². The third-order valence-corrected chi connectivity index (χ3v) is 11.4. The van der Waals surface area contributed by atoms with Gasteiger partial charge in [0.15, 0.2) is 0 Å². The van der Waals surface area contributed by atoms with Crippen LogP contribution in [0.1, 0.15) is 11.0 Å². The molecule has 61 heavy (non-hydrogen) atoms. The molecular weight excluding hydrogens is 735 g/mol. The molecule has 0 aliphatic heterocycles. The van der Waals surface area contributed by atoms with Crippen molar-refractivity contribution in [2.24, 2.45) is 0 Å². The van der Waals surface area contributed by atoms with Crippen LogP contribution < -0.4 is 4.90 Å². The Labute approximate surface area is 368 Å². The molecule has 286 valence electrons. The lowest BCUT2D eigenvalue weighted by Gasteiger charge is -2.27. The molecular formula is C60H41N. The first kappa shape index (κ1) is 28.4. The Morgan fingerprint density at radius 3 is 1.67 bits per heavy atom. The van der Waals surface area contributed by atoms with E-state index in [1.54, 1.807) is 18.2 Å². The van der Waals surface area contributed by atoms with E-state index in [4.69, 9.17) is 1.37 Å². The van der Waals surface area contributed by atoms with Gasteiger partial charge in [-0.1, -0.05) is 206 Å². The summed E-state index contributed by atoms with van der Waals surface area (Å²) in [7, 11) is 0. The van der Waals surface area contributed by atoms with E-state index >= 15 is 0 Å². The fourth-order valence-corrected chi connectivity index (χ4v) is 8.38. The number of fused-ring (bicyclic) bond motifs is 3. The molecule has 0 aliphatic carbocycles. The van der Waals surface area contributed by atoms with Crippen LogP contribution in [0.5, 0.6) is 0 Å². The summed E-state index contributed by atoms with van der Waals surface area (Å²) in [5, 5.41) is 6.11. The lowest BCUT2D eigenvalue weighted by molar-refractivity contribution is 1.28. The van der Waals surface area contributed by atoms with Crippen LogP contribution in [-0.4, -0.2) is 0 Å². The molecule has 0 saturated heterocycles. The van der Waals surface area contributed by atoms with E-state index in [0.29, 0.717) is 16.8 Å². The molecule has 11 rings (SSSR count). The first-order valence-corrected chi connectivity index (χ1v) is 20.3. The highest BCUT2D eigenvalue weighted by Gasteiger charge is 2.17. The molecule has 0 fully saturated rings. The number of nitrogens with zero attached hydrogens (tertiary/aromatic N) is 1. The Hall–Kier alpha value is -8.00. The summed E-state index contributed by atoms with van der Waals surface area (Å²) in [6.07, 6.45) is 0. The van der Waals surface area contributed by atoms with Gasteiger partial charge in [0.1, 0.15) is 0 Å². The predicted octanol–water partition coefficient (Wildman–Crippen LogP) is 17.0. The molecule has 0 amide bonds. The number of hydrogen-bond donors (Lipinski definition) is 0. The van der Waals surface area contributed by atoms with Gasteiger partial charge < -0.3 is 4.90 Å². The molecule has 0 saturated carbocycles. The van der Waals surface area contributed by atoms with Crippen molar-refractivity contribution in [2.45, 2.75) is 0 Å². The zero-order valence-electron chi connectivity index (χ0n) is 41.0. The van der Waals surface area contributed by atoms with Crippen LogP contribution in [0.4, 0.5) is 17.1 Å². The van der Waals surface area contributed by atoms with Gasteiger partial charge in [0, 0.05) is 17.1 Å². The van der Waals surface area contributed by atoms with Crippen molar-refractivity contribution in [1.82, 2.24) is 0 Å². The van der Waals surface area contributed by atoms with Crippen molar-refractivity contribution >= 4 is 49.4 Å². The summed E-state index contributed by atoms with van der Waals surface area (Å²) in [5.41, 5.74) is 7.11. The van der Waals surface area contributed by atoms with Gasteiger partial charge >= 0.3 is 0 Å². The second kappa shape index (κ2) is 15.6. The summed E-state index contributed by atoms with van der Waals surface area (Å²) in [4.78, 5) is 1.41.